The predicted molar refractivity (Wildman–Crippen MR) is 73.4 cm³/mol. The largest absolute Gasteiger partial charge is 0.352 e. The zero-order chi connectivity index (χ0) is 13.1. The first kappa shape index (κ1) is 13.1. The molecule has 98 valence electrons. The van der Waals surface area contributed by atoms with Gasteiger partial charge in [-0.2, -0.15) is 0 Å². The van der Waals surface area contributed by atoms with Crippen LogP contribution < -0.4 is 10.6 Å². The number of aryl methyl sites for hydroxylation is 2. The third-order valence-corrected chi connectivity index (χ3v) is 3.41. The Kier molecular flexibility index (Phi) is 4.02. The summed E-state index contributed by atoms with van der Waals surface area (Å²) in [5, 5.41) is 6.29. The van der Waals surface area contributed by atoms with Crippen molar-refractivity contribution in [3.05, 3.63) is 34.9 Å². The maximum absolute atomic E-state index is 11.8. The van der Waals surface area contributed by atoms with Gasteiger partial charge in [-0.15, -0.1) is 0 Å². The van der Waals surface area contributed by atoms with E-state index in [0.717, 1.165) is 19.4 Å². The van der Waals surface area contributed by atoms with Gasteiger partial charge in [0, 0.05) is 12.6 Å². The fraction of sp³-hybridized carbons (Fsp3) is 0.533. The van der Waals surface area contributed by atoms with Gasteiger partial charge >= 0.3 is 0 Å². The van der Waals surface area contributed by atoms with Gasteiger partial charge in [0.1, 0.15) is 0 Å². The van der Waals surface area contributed by atoms with Crippen LogP contribution in [-0.4, -0.2) is 18.0 Å². The number of hydrogen-bond acceptors (Lipinski definition) is 2. The minimum Gasteiger partial charge on any atom is -0.352 e. The van der Waals surface area contributed by atoms with Crippen LogP contribution in [0.1, 0.15) is 36.5 Å². The van der Waals surface area contributed by atoms with E-state index in [4.69, 9.17) is 0 Å². The second-order valence-electron chi connectivity index (χ2n) is 5.32. The molecule has 0 aliphatic heterocycles. The molecule has 1 aliphatic carbocycles. The molecule has 0 spiro atoms. The van der Waals surface area contributed by atoms with Gasteiger partial charge in [0.2, 0.25) is 5.91 Å². The van der Waals surface area contributed by atoms with Gasteiger partial charge in [0.15, 0.2) is 0 Å². The molecule has 0 radical (unpaired) electrons. The number of rotatable bonds is 5. The van der Waals surface area contributed by atoms with Gasteiger partial charge in [-0.25, -0.2) is 0 Å². The Balaban J connectivity index is 1.84. The van der Waals surface area contributed by atoms with Crippen molar-refractivity contribution in [3.8, 4) is 0 Å². The lowest BCUT2D eigenvalue weighted by Gasteiger charge is -2.15. The van der Waals surface area contributed by atoms with Crippen molar-refractivity contribution in [1.82, 2.24) is 10.6 Å². The highest BCUT2D eigenvalue weighted by molar-refractivity contribution is 5.81. The average molecular weight is 246 g/mol. The Morgan fingerprint density at radius 3 is 2.72 bits per heavy atom. The number of hydrogen-bond donors (Lipinski definition) is 2. The summed E-state index contributed by atoms with van der Waals surface area (Å²) in [7, 11) is 0. The van der Waals surface area contributed by atoms with E-state index in [1.807, 2.05) is 6.92 Å². The predicted octanol–water partition coefficient (Wildman–Crippen LogP) is 2.06. The topological polar surface area (TPSA) is 41.1 Å². The van der Waals surface area contributed by atoms with Crippen LogP contribution in [-0.2, 0) is 11.3 Å². The molecule has 0 bridgehead atoms. The molecule has 1 fully saturated rings. The zero-order valence-electron chi connectivity index (χ0n) is 11.4. The summed E-state index contributed by atoms with van der Waals surface area (Å²) < 4.78 is 0. The van der Waals surface area contributed by atoms with E-state index in [1.54, 1.807) is 0 Å². The lowest BCUT2D eigenvalue weighted by molar-refractivity contribution is -0.122. The maximum atomic E-state index is 11.8. The Labute approximate surface area is 109 Å². The van der Waals surface area contributed by atoms with Crippen molar-refractivity contribution < 1.29 is 4.79 Å². The molecule has 3 heteroatoms. The van der Waals surface area contributed by atoms with Crippen molar-refractivity contribution in [2.24, 2.45) is 0 Å². The Morgan fingerprint density at radius 2 is 2.11 bits per heavy atom. The molecule has 0 heterocycles. The Morgan fingerprint density at radius 1 is 1.39 bits per heavy atom. The lowest BCUT2D eigenvalue weighted by atomic mass is 10.1. The number of carbonyl (C=O) groups excluding carboxylic acids is 1. The van der Waals surface area contributed by atoms with Crippen LogP contribution in [0.5, 0.6) is 0 Å². The number of nitrogens with one attached hydrogen (secondary N) is 2. The molecular formula is C15H22N2O. The van der Waals surface area contributed by atoms with Gasteiger partial charge in [0.25, 0.3) is 0 Å². The molecule has 1 aromatic rings. The number of amides is 1. The van der Waals surface area contributed by atoms with E-state index in [0.29, 0.717) is 6.04 Å². The highest BCUT2D eigenvalue weighted by atomic mass is 16.2. The molecule has 1 unspecified atom stereocenters. The second-order valence-corrected chi connectivity index (χ2v) is 5.32. The molecule has 18 heavy (non-hydrogen) atoms. The van der Waals surface area contributed by atoms with Crippen LogP contribution >= 0.6 is 0 Å². The standard InChI is InChI=1S/C15H22N2O/c1-10-4-5-13(11(2)8-10)9-16-12(3)15(18)17-14-6-7-14/h4-5,8,12,14,16H,6-7,9H2,1-3H3,(H,17,18). The van der Waals surface area contributed by atoms with Crippen LogP contribution in [0.2, 0.25) is 0 Å². The summed E-state index contributed by atoms with van der Waals surface area (Å²) in [4.78, 5) is 11.8. The van der Waals surface area contributed by atoms with Crippen molar-refractivity contribution in [2.75, 3.05) is 0 Å². The summed E-state index contributed by atoms with van der Waals surface area (Å²) >= 11 is 0. The van der Waals surface area contributed by atoms with Gasteiger partial charge in [0.05, 0.1) is 6.04 Å². The fourth-order valence-corrected chi connectivity index (χ4v) is 1.95. The first-order valence-corrected chi connectivity index (χ1v) is 6.66. The van der Waals surface area contributed by atoms with Crippen LogP contribution in [0.4, 0.5) is 0 Å². The molecule has 1 aliphatic rings. The summed E-state index contributed by atoms with van der Waals surface area (Å²) in [6.45, 7) is 6.86. The third-order valence-electron chi connectivity index (χ3n) is 3.41. The molecule has 1 aromatic carbocycles. The average Bonchev–Trinajstić information content (AvgIpc) is 3.11. The molecule has 2 rings (SSSR count). The van der Waals surface area contributed by atoms with Crippen molar-refractivity contribution in [1.29, 1.82) is 0 Å². The number of carbonyl (C=O) groups is 1. The lowest BCUT2D eigenvalue weighted by Crippen LogP contribution is -2.42. The van der Waals surface area contributed by atoms with Gasteiger partial charge < -0.3 is 10.6 Å². The Bertz CT molecular complexity index is 438. The smallest absolute Gasteiger partial charge is 0.237 e. The molecule has 3 nitrogen and oxygen atoms in total. The van der Waals surface area contributed by atoms with Crippen LogP contribution in [0.25, 0.3) is 0 Å². The highest BCUT2D eigenvalue weighted by Gasteiger charge is 2.25. The minimum absolute atomic E-state index is 0.113. The second kappa shape index (κ2) is 5.53. The fourth-order valence-electron chi connectivity index (χ4n) is 1.95. The van der Waals surface area contributed by atoms with Crippen molar-refractivity contribution in [2.45, 2.75) is 52.2 Å². The van der Waals surface area contributed by atoms with E-state index in [9.17, 15) is 4.79 Å². The van der Waals surface area contributed by atoms with Crippen LogP contribution in [0, 0.1) is 13.8 Å². The van der Waals surface area contributed by atoms with E-state index >= 15 is 0 Å². The van der Waals surface area contributed by atoms with Gasteiger partial charge in [-0.3, -0.25) is 4.79 Å². The first-order valence-electron chi connectivity index (χ1n) is 6.66. The van der Waals surface area contributed by atoms with E-state index in [1.165, 1.54) is 16.7 Å². The number of benzene rings is 1. The van der Waals surface area contributed by atoms with Crippen LogP contribution in [0.3, 0.4) is 0 Å². The molecular weight excluding hydrogens is 224 g/mol. The van der Waals surface area contributed by atoms with Crippen molar-refractivity contribution in [3.63, 3.8) is 0 Å². The molecule has 1 amide bonds. The third kappa shape index (κ3) is 3.57. The SMILES string of the molecule is Cc1ccc(CNC(C)C(=O)NC2CC2)c(C)c1. The normalized spacial score (nSPS) is 16.4. The van der Waals surface area contributed by atoms with Crippen molar-refractivity contribution >= 4 is 5.91 Å². The zero-order valence-corrected chi connectivity index (χ0v) is 11.4. The van der Waals surface area contributed by atoms with E-state index in [2.05, 4.69) is 42.7 Å². The summed E-state index contributed by atoms with van der Waals surface area (Å²) in [5.74, 6) is 0.113. The highest BCUT2D eigenvalue weighted by Crippen LogP contribution is 2.18. The molecule has 0 aromatic heterocycles. The van der Waals surface area contributed by atoms with Gasteiger partial charge in [-0.1, -0.05) is 23.8 Å². The maximum Gasteiger partial charge on any atom is 0.237 e. The monoisotopic (exact) mass is 246 g/mol. The minimum atomic E-state index is -0.133. The molecule has 1 saturated carbocycles. The summed E-state index contributed by atoms with van der Waals surface area (Å²) in [6, 6.07) is 6.71. The quantitative estimate of drug-likeness (QED) is 0.835. The van der Waals surface area contributed by atoms with Gasteiger partial charge in [-0.05, 0) is 44.7 Å². The summed E-state index contributed by atoms with van der Waals surface area (Å²) in [5.41, 5.74) is 3.81. The Hall–Kier alpha value is -1.35. The summed E-state index contributed by atoms with van der Waals surface area (Å²) in [6.07, 6.45) is 2.27. The molecule has 2 N–H and O–H groups in total. The van der Waals surface area contributed by atoms with E-state index in [-0.39, 0.29) is 11.9 Å². The molecule has 0 saturated heterocycles. The van der Waals surface area contributed by atoms with E-state index < -0.39 is 0 Å². The molecule has 1 atom stereocenters. The van der Waals surface area contributed by atoms with Crippen LogP contribution in [0.15, 0.2) is 18.2 Å². The first-order chi connectivity index (χ1) is 8.56.